The number of amides is 3. The number of anilines is 1. The van der Waals surface area contributed by atoms with E-state index in [0.717, 1.165) is 0 Å². The van der Waals surface area contributed by atoms with E-state index in [0.29, 0.717) is 37.9 Å². The van der Waals surface area contributed by atoms with Gasteiger partial charge in [0.05, 0.1) is 5.56 Å². The van der Waals surface area contributed by atoms with Crippen LogP contribution >= 0.6 is 0 Å². The summed E-state index contributed by atoms with van der Waals surface area (Å²) in [4.78, 5) is 25.6. The van der Waals surface area contributed by atoms with E-state index >= 15 is 0 Å². The lowest BCUT2D eigenvalue weighted by molar-refractivity contribution is 0.0949. The number of carbonyl (C=O) groups is 2. The first-order valence-corrected chi connectivity index (χ1v) is 9.51. The van der Waals surface area contributed by atoms with E-state index in [1.165, 1.54) is 61.6 Å². The zero-order valence-corrected chi connectivity index (χ0v) is 15.0. The lowest BCUT2D eigenvalue weighted by atomic mass is 10.1. The van der Waals surface area contributed by atoms with Crippen molar-refractivity contribution in [2.24, 2.45) is 0 Å². The van der Waals surface area contributed by atoms with Gasteiger partial charge in [-0.15, -0.1) is 0 Å². The Morgan fingerprint density at radius 2 is 1.96 bits per heavy atom. The lowest BCUT2D eigenvalue weighted by Crippen LogP contribution is -2.37. The fraction of sp³-hybridized carbons (Fsp3) is 0.579. The Morgan fingerprint density at radius 1 is 1.19 bits per heavy atom. The van der Waals surface area contributed by atoms with Gasteiger partial charge in [0.2, 0.25) is 0 Å². The molecule has 0 bridgehead atoms. The fourth-order valence-corrected chi connectivity index (χ4v) is 3.60. The zero-order chi connectivity index (χ0) is 18.4. The van der Waals surface area contributed by atoms with Crippen molar-refractivity contribution in [2.75, 3.05) is 31.1 Å². The summed E-state index contributed by atoms with van der Waals surface area (Å²) < 4.78 is 14.1. The molecule has 6 nitrogen and oxygen atoms in total. The fourth-order valence-electron chi connectivity index (χ4n) is 3.60. The average molecular weight is 362 g/mol. The van der Waals surface area contributed by atoms with E-state index in [9.17, 15) is 14.0 Å². The Bertz CT molecular complexity index is 644. The standard InChI is InChI=1S/C19H27FN4O2/c20-17-8-7-15(24-12-11-23-19(24)26)13-16(17)18(25)22-10-9-21-14-5-3-1-2-4-6-14/h7-8,13-14,21H,1-6,9-12H2,(H,22,25)(H,23,26). The first kappa shape index (κ1) is 18.6. The third kappa shape index (κ3) is 4.72. The summed E-state index contributed by atoms with van der Waals surface area (Å²) in [5, 5.41) is 8.93. The number of halogens is 1. The van der Waals surface area contributed by atoms with E-state index in [-0.39, 0.29) is 11.6 Å². The molecule has 142 valence electrons. The van der Waals surface area contributed by atoms with Crippen LogP contribution in [0.2, 0.25) is 0 Å². The quantitative estimate of drug-likeness (QED) is 0.537. The molecular weight excluding hydrogens is 335 g/mol. The number of hydrogen-bond acceptors (Lipinski definition) is 3. The maximum Gasteiger partial charge on any atom is 0.321 e. The minimum Gasteiger partial charge on any atom is -0.351 e. The normalized spacial score (nSPS) is 18.5. The van der Waals surface area contributed by atoms with Gasteiger partial charge in [-0.05, 0) is 31.0 Å². The zero-order valence-electron chi connectivity index (χ0n) is 15.0. The Morgan fingerprint density at radius 3 is 2.65 bits per heavy atom. The molecule has 1 aromatic rings. The van der Waals surface area contributed by atoms with Crippen LogP contribution in [0.3, 0.4) is 0 Å². The Labute approximate surface area is 153 Å². The van der Waals surface area contributed by atoms with Gasteiger partial charge in [0.1, 0.15) is 5.82 Å². The van der Waals surface area contributed by atoms with Crippen molar-refractivity contribution in [3.8, 4) is 0 Å². The van der Waals surface area contributed by atoms with Crippen LogP contribution in [0.5, 0.6) is 0 Å². The highest BCUT2D eigenvalue weighted by molar-refractivity contribution is 5.98. The summed E-state index contributed by atoms with van der Waals surface area (Å²) in [6.07, 6.45) is 7.49. The SMILES string of the molecule is O=C(NCCNC1CCCCCC1)c1cc(N2CCNC2=O)ccc1F. The third-order valence-electron chi connectivity index (χ3n) is 5.06. The summed E-state index contributed by atoms with van der Waals surface area (Å²) in [6.45, 7) is 2.18. The molecule has 1 heterocycles. The maximum absolute atomic E-state index is 14.1. The molecule has 3 amide bonds. The number of benzene rings is 1. The van der Waals surface area contributed by atoms with Crippen LogP contribution < -0.4 is 20.9 Å². The van der Waals surface area contributed by atoms with E-state index in [4.69, 9.17) is 0 Å². The highest BCUT2D eigenvalue weighted by atomic mass is 19.1. The van der Waals surface area contributed by atoms with E-state index < -0.39 is 11.7 Å². The first-order valence-electron chi connectivity index (χ1n) is 9.51. The topological polar surface area (TPSA) is 73.5 Å². The molecule has 1 saturated heterocycles. The van der Waals surface area contributed by atoms with Crippen LogP contribution in [0.4, 0.5) is 14.9 Å². The third-order valence-corrected chi connectivity index (χ3v) is 5.06. The minimum absolute atomic E-state index is 0.0309. The van der Waals surface area contributed by atoms with Crippen LogP contribution in [0, 0.1) is 5.82 Å². The first-order chi connectivity index (χ1) is 12.6. The number of nitrogens with one attached hydrogen (secondary N) is 3. The number of carbonyl (C=O) groups excluding carboxylic acids is 2. The molecule has 0 radical (unpaired) electrons. The van der Waals surface area contributed by atoms with Crippen molar-refractivity contribution >= 4 is 17.6 Å². The Hall–Kier alpha value is -2.15. The van der Waals surface area contributed by atoms with Gasteiger partial charge < -0.3 is 16.0 Å². The molecule has 0 aromatic heterocycles. The largest absolute Gasteiger partial charge is 0.351 e. The number of urea groups is 1. The van der Waals surface area contributed by atoms with Gasteiger partial charge >= 0.3 is 6.03 Å². The van der Waals surface area contributed by atoms with Gasteiger partial charge in [-0.1, -0.05) is 25.7 Å². The van der Waals surface area contributed by atoms with Gasteiger partial charge in [-0.25, -0.2) is 9.18 Å². The molecule has 3 N–H and O–H groups in total. The molecular formula is C19H27FN4O2. The molecule has 7 heteroatoms. The van der Waals surface area contributed by atoms with Gasteiger partial charge in [0.25, 0.3) is 5.91 Å². The number of hydrogen-bond donors (Lipinski definition) is 3. The second kappa shape index (κ2) is 8.98. The molecule has 1 aliphatic carbocycles. The van der Waals surface area contributed by atoms with Crippen molar-refractivity contribution < 1.29 is 14.0 Å². The second-order valence-electron chi connectivity index (χ2n) is 6.95. The predicted octanol–water partition coefficient (Wildman–Crippen LogP) is 2.40. The van der Waals surface area contributed by atoms with Crippen molar-refractivity contribution in [3.63, 3.8) is 0 Å². The summed E-state index contributed by atoms with van der Waals surface area (Å²) in [5.41, 5.74) is 0.500. The molecule has 0 atom stereocenters. The average Bonchev–Trinajstić information content (AvgIpc) is 2.90. The van der Waals surface area contributed by atoms with E-state index in [1.54, 1.807) is 0 Å². The smallest absolute Gasteiger partial charge is 0.321 e. The van der Waals surface area contributed by atoms with Crippen LogP contribution in [0.25, 0.3) is 0 Å². The molecule has 1 aromatic carbocycles. The Kier molecular flexibility index (Phi) is 6.44. The molecule has 2 aliphatic rings. The number of nitrogens with zero attached hydrogens (tertiary/aromatic N) is 1. The molecule has 3 rings (SSSR count). The molecule has 26 heavy (non-hydrogen) atoms. The maximum atomic E-state index is 14.1. The van der Waals surface area contributed by atoms with Gasteiger partial charge in [0.15, 0.2) is 0 Å². The molecule has 2 fully saturated rings. The molecule has 0 unspecified atom stereocenters. The summed E-state index contributed by atoms with van der Waals surface area (Å²) in [7, 11) is 0. The lowest BCUT2D eigenvalue weighted by Gasteiger charge is -2.17. The monoisotopic (exact) mass is 362 g/mol. The van der Waals surface area contributed by atoms with Crippen molar-refractivity contribution in [1.29, 1.82) is 0 Å². The number of rotatable bonds is 6. The van der Waals surface area contributed by atoms with Crippen LogP contribution in [0.1, 0.15) is 48.9 Å². The van der Waals surface area contributed by atoms with Crippen molar-refractivity contribution in [3.05, 3.63) is 29.6 Å². The van der Waals surface area contributed by atoms with Crippen molar-refractivity contribution in [2.45, 2.75) is 44.6 Å². The molecule has 1 saturated carbocycles. The van der Waals surface area contributed by atoms with Crippen LogP contribution in [-0.4, -0.2) is 44.2 Å². The van der Waals surface area contributed by atoms with Gasteiger partial charge in [-0.2, -0.15) is 0 Å². The van der Waals surface area contributed by atoms with Gasteiger partial charge in [-0.3, -0.25) is 9.69 Å². The minimum atomic E-state index is -0.581. The molecule has 1 aliphatic heterocycles. The van der Waals surface area contributed by atoms with E-state index in [2.05, 4.69) is 16.0 Å². The van der Waals surface area contributed by atoms with E-state index in [1.807, 2.05) is 0 Å². The predicted molar refractivity (Wildman–Crippen MR) is 99.0 cm³/mol. The summed E-state index contributed by atoms with van der Waals surface area (Å²) >= 11 is 0. The highest BCUT2D eigenvalue weighted by Gasteiger charge is 2.23. The molecule has 0 spiro atoms. The summed E-state index contributed by atoms with van der Waals surface area (Å²) in [5.74, 6) is -1.03. The summed E-state index contributed by atoms with van der Waals surface area (Å²) in [6, 6.07) is 4.48. The van der Waals surface area contributed by atoms with Crippen LogP contribution in [-0.2, 0) is 0 Å². The van der Waals surface area contributed by atoms with Crippen LogP contribution in [0.15, 0.2) is 18.2 Å². The highest BCUT2D eigenvalue weighted by Crippen LogP contribution is 2.20. The Balaban J connectivity index is 1.51. The van der Waals surface area contributed by atoms with Gasteiger partial charge in [0, 0.05) is 37.9 Å². The second-order valence-corrected chi connectivity index (χ2v) is 6.95. The van der Waals surface area contributed by atoms with Crippen molar-refractivity contribution in [1.82, 2.24) is 16.0 Å².